The highest BCUT2D eigenvalue weighted by Gasteiger charge is 2.22. The average Bonchev–Trinajstić information content (AvgIpc) is 2.72. The second kappa shape index (κ2) is 11.1. The van der Waals surface area contributed by atoms with Crippen LogP contribution in [0, 0.1) is 28.9 Å². The average molecular weight is 433 g/mol. The number of hydrogen-bond acceptors (Lipinski definition) is 7. The second-order valence-electron chi connectivity index (χ2n) is 7.12. The number of hydrogen-bond donors (Lipinski definition) is 3. The number of ether oxygens (including phenoxy) is 1. The van der Waals surface area contributed by atoms with E-state index >= 15 is 0 Å². The van der Waals surface area contributed by atoms with Gasteiger partial charge in [0.1, 0.15) is 5.82 Å². The van der Waals surface area contributed by atoms with Gasteiger partial charge < -0.3 is 20.6 Å². The molecular weight excluding hydrogens is 408 g/mol. The van der Waals surface area contributed by atoms with E-state index in [0.29, 0.717) is 5.56 Å². The zero-order chi connectivity index (χ0) is 23.0. The van der Waals surface area contributed by atoms with E-state index in [-0.39, 0.29) is 48.7 Å². The van der Waals surface area contributed by atoms with E-state index in [2.05, 4.69) is 20.3 Å². The number of anilines is 1. The summed E-state index contributed by atoms with van der Waals surface area (Å²) < 4.78 is 33.0. The van der Waals surface area contributed by atoms with Crippen LogP contribution < -0.4 is 5.32 Å². The van der Waals surface area contributed by atoms with Gasteiger partial charge in [0.05, 0.1) is 37.9 Å². The number of rotatable bonds is 10. The first-order valence-electron chi connectivity index (χ1n) is 9.60. The third kappa shape index (κ3) is 6.80. The van der Waals surface area contributed by atoms with Gasteiger partial charge in [0.25, 0.3) is 0 Å². The topological polar surface area (TPSA) is 121 Å². The zero-order valence-corrected chi connectivity index (χ0v) is 17.5. The fourth-order valence-electron chi connectivity index (χ4n) is 2.67. The number of nitrogens with zero attached hydrogens (tertiary/aromatic N) is 3. The van der Waals surface area contributed by atoms with Gasteiger partial charge in [-0.15, -0.1) is 0 Å². The minimum Gasteiger partial charge on any atom is -0.484 e. The van der Waals surface area contributed by atoms with E-state index in [0.717, 1.165) is 6.20 Å². The van der Waals surface area contributed by atoms with Crippen LogP contribution in [0.2, 0.25) is 0 Å². The molecule has 0 aliphatic carbocycles. The Balaban J connectivity index is 2.10. The lowest BCUT2D eigenvalue weighted by molar-refractivity contribution is -0.142. The molecule has 166 valence electrons. The van der Waals surface area contributed by atoms with Gasteiger partial charge in [0.2, 0.25) is 0 Å². The zero-order valence-electron chi connectivity index (χ0n) is 17.5. The molecule has 2 rings (SSSR count). The maximum atomic E-state index is 14.1. The van der Waals surface area contributed by atoms with Crippen molar-refractivity contribution in [2.24, 2.45) is 16.8 Å². The van der Waals surface area contributed by atoms with Crippen LogP contribution in [0.1, 0.15) is 31.7 Å². The summed E-state index contributed by atoms with van der Waals surface area (Å²) >= 11 is 0. The van der Waals surface area contributed by atoms with Crippen molar-refractivity contribution in [1.82, 2.24) is 9.97 Å². The summed E-state index contributed by atoms with van der Waals surface area (Å²) in [6, 6.07) is 6.19. The number of aromatic nitrogens is 2. The molecule has 10 heteroatoms. The minimum atomic E-state index is -0.999. The molecule has 2 aromatic rings. The third-order valence-corrected chi connectivity index (χ3v) is 4.57. The normalized spacial score (nSPS) is 12.5. The lowest BCUT2D eigenvalue weighted by Crippen LogP contribution is -2.28. The summed E-state index contributed by atoms with van der Waals surface area (Å²) in [7, 11) is 1.38. The number of aliphatic carboxylic acids is 1. The van der Waals surface area contributed by atoms with Crippen molar-refractivity contribution in [2.45, 2.75) is 26.8 Å². The molecule has 1 atom stereocenters. The highest BCUT2D eigenvalue weighted by molar-refractivity contribution is 6.06. The largest absolute Gasteiger partial charge is 0.484 e. The Labute approximate surface area is 178 Å². The molecule has 0 bridgehead atoms. The third-order valence-electron chi connectivity index (χ3n) is 4.57. The molecule has 3 N–H and O–H groups in total. The molecule has 0 aliphatic rings. The molecule has 0 amide bonds. The van der Waals surface area contributed by atoms with Crippen LogP contribution in [0.15, 0.2) is 35.5 Å². The fraction of sp³-hybridized carbons (Fsp3) is 0.381. The number of carboxylic acid groups (broad SMARTS) is 1. The highest BCUT2D eigenvalue weighted by atomic mass is 19.1. The van der Waals surface area contributed by atoms with Crippen molar-refractivity contribution in [3.05, 3.63) is 53.5 Å². The number of methoxy groups -OCH3 is 1. The lowest BCUT2D eigenvalue weighted by Gasteiger charge is -2.17. The molecule has 1 aromatic carbocycles. The van der Waals surface area contributed by atoms with Gasteiger partial charge in [0, 0.05) is 12.1 Å². The van der Waals surface area contributed by atoms with Crippen molar-refractivity contribution >= 4 is 23.4 Å². The Bertz CT molecular complexity index is 966. The predicted molar refractivity (Wildman–Crippen MR) is 112 cm³/mol. The van der Waals surface area contributed by atoms with Crippen LogP contribution in [-0.4, -0.2) is 46.3 Å². The van der Waals surface area contributed by atoms with E-state index in [1.54, 1.807) is 32.0 Å². The van der Waals surface area contributed by atoms with Crippen LogP contribution in [0.5, 0.6) is 0 Å². The minimum absolute atomic E-state index is 0.0267. The van der Waals surface area contributed by atoms with Crippen molar-refractivity contribution in [1.29, 1.82) is 5.41 Å². The Kier molecular flexibility index (Phi) is 8.53. The number of nitrogens with one attached hydrogen (secondary N) is 2. The summed E-state index contributed by atoms with van der Waals surface area (Å²) in [5, 5.41) is 20.1. The summed E-state index contributed by atoms with van der Waals surface area (Å²) in [5.41, 5.74) is 0.294. The molecule has 0 spiro atoms. The van der Waals surface area contributed by atoms with E-state index < -0.39 is 23.5 Å². The molecule has 1 heterocycles. The maximum Gasteiger partial charge on any atom is 0.308 e. The molecule has 0 saturated carbocycles. The monoisotopic (exact) mass is 433 g/mol. The van der Waals surface area contributed by atoms with E-state index in [1.165, 1.54) is 13.2 Å². The molecular formula is C21H25F2N5O3. The maximum absolute atomic E-state index is 14.1. The number of carboxylic acids is 1. The number of benzene rings is 1. The van der Waals surface area contributed by atoms with Gasteiger partial charge in [-0.25, -0.2) is 18.7 Å². The molecule has 1 aromatic heterocycles. The summed E-state index contributed by atoms with van der Waals surface area (Å²) in [6.45, 7) is 3.52. The Morgan fingerprint density at radius 3 is 2.61 bits per heavy atom. The Morgan fingerprint density at radius 1 is 1.29 bits per heavy atom. The SMILES string of the molecule is COC(CC(=N)c1ncc(F)c(NCC(C(=O)O)C(C)C)n1)=NCc1ccccc1F. The van der Waals surface area contributed by atoms with Gasteiger partial charge in [-0.3, -0.25) is 9.79 Å². The van der Waals surface area contributed by atoms with Crippen LogP contribution in [0.25, 0.3) is 0 Å². The fourth-order valence-corrected chi connectivity index (χ4v) is 2.67. The molecule has 0 saturated heterocycles. The quantitative estimate of drug-likeness (QED) is 0.389. The standard InChI is InChI=1S/C21H25F2N5O3/c1-12(2)14(21(29)30)10-26-19-16(23)11-27-20(28-19)17(24)8-18(31-3)25-9-13-6-4-5-7-15(13)22/h4-7,11-12,14,24H,8-10H2,1-3H3,(H,29,30)(H,26,27,28). The van der Waals surface area contributed by atoms with Crippen LogP contribution in [0.3, 0.4) is 0 Å². The van der Waals surface area contributed by atoms with Gasteiger partial charge >= 0.3 is 5.97 Å². The van der Waals surface area contributed by atoms with E-state index in [4.69, 9.17) is 10.1 Å². The van der Waals surface area contributed by atoms with Crippen molar-refractivity contribution in [3.63, 3.8) is 0 Å². The van der Waals surface area contributed by atoms with Crippen molar-refractivity contribution in [2.75, 3.05) is 19.0 Å². The first-order valence-corrected chi connectivity index (χ1v) is 9.60. The Morgan fingerprint density at radius 2 is 2.00 bits per heavy atom. The Hall–Kier alpha value is -3.43. The highest BCUT2D eigenvalue weighted by Crippen LogP contribution is 2.16. The van der Waals surface area contributed by atoms with Gasteiger partial charge in [-0.05, 0) is 12.0 Å². The molecule has 8 nitrogen and oxygen atoms in total. The molecule has 31 heavy (non-hydrogen) atoms. The smallest absolute Gasteiger partial charge is 0.308 e. The van der Waals surface area contributed by atoms with E-state index in [1.807, 2.05) is 0 Å². The molecule has 0 aliphatic heterocycles. The molecule has 0 fully saturated rings. The van der Waals surface area contributed by atoms with Crippen LogP contribution in [-0.2, 0) is 16.1 Å². The number of halogens is 2. The molecule has 0 radical (unpaired) electrons. The summed E-state index contributed by atoms with van der Waals surface area (Å²) in [5.74, 6) is -3.13. The van der Waals surface area contributed by atoms with Gasteiger partial charge in [0.15, 0.2) is 23.4 Å². The van der Waals surface area contributed by atoms with Crippen LogP contribution in [0.4, 0.5) is 14.6 Å². The number of carbonyl (C=O) groups is 1. The van der Waals surface area contributed by atoms with Crippen molar-refractivity contribution in [3.8, 4) is 0 Å². The van der Waals surface area contributed by atoms with E-state index in [9.17, 15) is 18.7 Å². The first-order chi connectivity index (χ1) is 14.7. The summed E-state index contributed by atoms with van der Waals surface area (Å²) in [6.07, 6.45) is 0.826. The lowest BCUT2D eigenvalue weighted by atomic mass is 9.96. The first kappa shape index (κ1) is 23.8. The number of aliphatic imine (C=N–C) groups is 1. The second-order valence-corrected chi connectivity index (χ2v) is 7.12. The van der Waals surface area contributed by atoms with Gasteiger partial charge in [-0.2, -0.15) is 0 Å². The molecule has 1 unspecified atom stereocenters. The predicted octanol–water partition coefficient (Wildman–Crippen LogP) is 3.53. The summed E-state index contributed by atoms with van der Waals surface area (Å²) in [4.78, 5) is 23.3. The van der Waals surface area contributed by atoms with Crippen molar-refractivity contribution < 1.29 is 23.4 Å². The van der Waals surface area contributed by atoms with Gasteiger partial charge in [-0.1, -0.05) is 32.0 Å². The van der Waals surface area contributed by atoms with Crippen LogP contribution >= 0.6 is 0 Å².